The molecule has 15 heavy (non-hydrogen) atoms. The molecule has 1 atom stereocenters. The van der Waals surface area contributed by atoms with E-state index in [1.807, 2.05) is 6.92 Å². The van der Waals surface area contributed by atoms with Gasteiger partial charge in [-0.3, -0.25) is 0 Å². The maximum atomic E-state index is 11.7. The zero-order valence-electron chi connectivity index (χ0n) is 8.89. The van der Waals surface area contributed by atoms with Crippen molar-refractivity contribution in [2.24, 2.45) is 5.73 Å². The quantitative estimate of drug-likeness (QED) is 0.759. The average Bonchev–Trinajstić information content (AvgIpc) is 2.18. The van der Waals surface area contributed by atoms with Crippen molar-refractivity contribution in [3.05, 3.63) is 0 Å². The standard InChI is InChI=1S/C8H18N2O3S.ClH/c1-2-5-14(11,12)10-3-4-13-8(6-9)7-10;/h8H,2-7,9H2,1H3;1H. The Morgan fingerprint density at radius 2 is 2.20 bits per heavy atom. The number of ether oxygens (including phenoxy) is 1. The number of hydrogen-bond acceptors (Lipinski definition) is 4. The molecule has 0 bridgehead atoms. The third-order valence-electron chi connectivity index (χ3n) is 2.22. The Morgan fingerprint density at radius 3 is 2.73 bits per heavy atom. The van der Waals surface area contributed by atoms with Gasteiger partial charge in [0, 0.05) is 19.6 Å². The van der Waals surface area contributed by atoms with Gasteiger partial charge < -0.3 is 10.5 Å². The van der Waals surface area contributed by atoms with Gasteiger partial charge in [-0.2, -0.15) is 4.31 Å². The van der Waals surface area contributed by atoms with Crippen molar-refractivity contribution in [2.45, 2.75) is 19.4 Å². The summed E-state index contributed by atoms with van der Waals surface area (Å²) in [6.07, 6.45) is 0.503. The molecule has 1 saturated heterocycles. The predicted molar refractivity (Wildman–Crippen MR) is 61.7 cm³/mol. The van der Waals surface area contributed by atoms with Crippen molar-refractivity contribution in [3.63, 3.8) is 0 Å². The fraction of sp³-hybridized carbons (Fsp3) is 1.00. The van der Waals surface area contributed by atoms with Gasteiger partial charge in [-0.1, -0.05) is 6.92 Å². The molecule has 5 nitrogen and oxygen atoms in total. The van der Waals surface area contributed by atoms with Gasteiger partial charge in [0.1, 0.15) is 0 Å². The van der Waals surface area contributed by atoms with Crippen LogP contribution in [0, 0.1) is 0 Å². The SMILES string of the molecule is CCCS(=O)(=O)N1CCOC(CN)C1.Cl. The van der Waals surface area contributed by atoms with Crippen LogP contribution >= 0.6 is 12.4 Å². The van der Waals surface area contributed by atoms with Crippen LogP contribution in [-0.2, 0) is 14.8 Å². The molecule has 0 aromatic carbocycles. The smallest absolute Gasteiger partial charge is 0.214 e. The van der Waals surface area contributed by atoms with Crippen molar-refractivity contribution >= 4 is 22.4 Å². The molecule has 0 aromatic rings. The third-order valence-corrected chi connectivity index (χ3v) is 4.26. The van der Waals surface area contributed by atoms with Crippen LogP contribution in [-0.4, -0.2) is 50.8 Å². The maximum absolute atomic E-state index is 11.7. The summed E-state index contributed by atoms with van der Waals surface area (Å²) in [5, 5.41) is 0. The molecule has 0 spiro atoms. The molecule has 0 aliphatic carbocycles. The molecular formula is C8H19ClN2O3S. The Labute approximate surface area is 97.4 Å². The first-order valence-corrected chi connectivity index (χ1v) is 6.50. The summed E-state index contributed by atoms with van der Waals surface area (Å²) in [7, 11) is -3.08. The Morgan fingerprint density at radius 1 is 1.53 bits per heavy atom. The van der Waals surface area contributed by atoms with Crippen LogP contribution in [0.1, 0.15) is 13.3 Å². The lowest BCUT2D eigenvalue weighted by Gasteiger charge is -2.31. The van der Waals surface area contributed by atoms with Crippen molar-refractivity contribution < 1.29 is 13.2 Å². The molecule has 0 radical (unpaired) electrons. The van der Waals surface area contributed by atoms with Crippen LogP contribution in [0.25, 0.3) is 0 Å². The van der Waals surface area contributed by atoms with E-state index in [0.29, 0.717) is 32.7 Å². The van der Waals surface area contributed by atoms with Gasteiger partial charge in [0.25, 0.3) is 0 Å². The normalized spacial score (nSPS) is 23.5. The highest BCUT2D eigenvalue weighted by Crippen LogP contribution is 2.10. The third kappa shape index (κ3) is 4.24. The van der Waals surface area contributed by atoms with Gasteiger partial charge >= 0.3 is 0 Å². The van der Waals surface area contributed by atoms with Crippen LogP contribution in [0.3, 0.4) is 0 Å². The van der Waals surface area contributed by atoms with E-state index in [1.54, 1.807) is 0 Å². The van der Waals surface area contributed by atoms with Crippen molar-refractivity contribution in [1.82, 2.24) is 4.31 Å². The van der Waals surface area contributed by atoms with Gasteiger partial charge in [0.15, 0.2) is 0 Å². The summed E-state index contributed by atoms with van der Waals surface area (Å²) in [6, 6.07) is 0. The van der Waals surface area contributed by atoms with Crippen LogP contribution in [0.5, 0.6) is 0 Å². The first-order chi connectivity index (χ1) is 6.60. The molecule has 1 aliphatic rings. The molecule has 1 heterocycles. The van der Waals surface area contributed by atoms with Gasteiger partial charge in [0.05, 0.1) is 18.5 Å². The topological polar surface area (TPSA) is 72.6 Å². The number of hydrogen-bond donors (Lipinski definition) is 1. The minimum absolute atomic E-state index is 0. The first kappa shape index (κ1) is 15.1. The summed E-state index contributed by atoms with van der Waals surface area (Å²) in [5.41, 5.74) is 5.44. The van der Waals surface area contributed by atoms with Crippen LogP contribution in [0.4, 0.5) is 0 Å². The second-order valence-electron chi connectivity index (χ2n) is 3.40. The zero-order chi connectivity index (χ0) is 10.6. The lowest BCUT2D eigenvalue weighted by molar-refractivity contribution is 0.00452. The fourth-order valence-corrected chi connectivity index (χ4v) is 2.99. The minimum Gasteiger partial charge on any atom is -0.374 e. The Kier molecular flexibility index (Phi) is 6.70. The van der Waals surface area contributed by atoms with E-state index in [2.05, 4.69) is 0 Å². The van der Waals surface area contributed by atoms with E-state index in [9.17, 15) is 8.42 Å². The highest BCUT2D eigenvalue weighted by molar-refractivity contribution is 7.89. The molecule has 7 heteroatoms. The van der Waals surface area contributed by atoms with E-state index in [-0.39, 0.29) is 24.3 Å². The number of sulfonamides is 1. The largest absolute Gasteiger partial charge is 0.374 e. The molecule has 1 aliphatic heterocycles. The number of nitrogens with zero attached hydrogens (tertiary/aromatic N) is 1. The first-order valence-electron chi connectivity index (χ1n) is 4.89. The number of morpholine rings is 1. The summed E-state index contributed by atoms with van der Waals surface area (Å²) >= 11 is 0. The lowest BCUT2D eigenvalue weighted by atomic mass is 10.3. The minimum atomic E-state index is -3.08. The number of rotatable bonds is 4. The van der Waals surface area contributed by atoms with Gasteiger partial charge in [-0.25, -0.2) is 8.42 Å². The molecule has 0 aromatic heterocycles. The molecule has 1 rings (SSSR count). The number of halogens is 1. The van der Waals surface area contributed by atoms with Crippen LogP contribution < -0.4 is 5.73 Å². The van der Waals surface area contributed by atoms with E-state index in [4.69, 9.17) is 10.5 Å². The second-order valence-corrected chi connectivity index (χ2v) is 5.49. The van der Waals surface area contributed by atoms with Crippen molar-refractivity contribution in [3.8, 4) is 0 Å². The van der Waals surface area contributed by atoms with E-state index in [0.717, 1.165) is 0 Å². The number of nitrogens with two attached hydrogens (primary N) is 1. The van der Waals surface area contributed by atoms with Crippen LogP contribution in [0.15, 0.2) is 0 Å². The van der Waals surface area contributed by atoms with E-state index >= 15 is 0 Å². The molecule has 2 N–H and O–H groups in total. The van der Waals surface area contributed by atoms with Crippen molar-refractivity contribution in [2.75, 3.05) is 32.0 Å². The zero-order valence-corrected chi connectivity index (χ0v) is 10.5. The molecular weight excluding hydrogens is 240 g/mol. The Hall–Kier alpha value is 0.120. The Balaban J connectivity index is 0.00000196. The average molecular weight is 259 g/mol. The van der Waals surface area contributed by atoms with E-state index in [1.165, 1.54) is 4.31 Å². The summed E-state index contributed by atoms with van der Waals surface area (Å²) < 4.78 is 30.1. The van der Waals surface area contributed by atoms with E-state index < -0.39 is 10.0 Å². The predicted octanol–water partition coefficient (Wildman–Crippen LogP) is -0.192. The molecule has 0 saturated carbocycles. The Bertz CT molecular complexity index is 271. The highest BCUT2D eigenvalue weighted by Gasteiger charge is 2.27. The monoisotopic (exact) mass is 258 g/mol. The molecule has 1 unspecified atom stereocenters. The molecule has 1 fully saturated rings. The van der Waals surface area contributed by atoms with Gasteiger partial charge in [0.2, 0.25) is 10.0 Å². The van der Waals surface area contributed by atoms with Gasteiger partial charge in [-0.15, -0.1) is 12.4 Å². The summed E-state index contributed by atoms with van der Waals surface area (Å²) in [5.74, 6) is 0.213. The fourth-order valence-electron chi connectivity index (χ4n) is 1.47. The van der Waals surface area contributed by atoms with Crippen molar-refractivity contribution in [1.29, 1.82) is 0 Å². The maximum Gasteiger partial charge on any atom is 0.214 e. The highest BCUT2D eigenvalue weighted by atomic mass is 35.5. The lowest BCUT2D eigenvalue weighted by Crippen LogP contribution is -2.48. The second kappa shape index (κ2) is 6.65. The van der Waals surface area contributed by atoms with Gasteiger partial charge in [-0.05, 0) is 6.42 Å². The van der Waals surface area contributed by atoms with Crippen LogP contribution in [0.2, 0.25) is 0 Å². The molecule has 0 amide bonds. The summed E-state index contributed by atoms with van der Waals surface area (Å²) in [4.78, 5) is 0. The molecule has 92 valence electrons. The summed E-state index contributed by atoms with van der Waals surface area (Å²) in [6.45, 7) is 3.54.